The van der Waals surface area contributed by atoms with E-state index in [4.69, 9.17) is 5.26 Å². The fourth-order valence-corrected chi connectivity index (χ4v) is 1.59. The summed E-state index contributed by atoms with van der Waals surface area (Å²) in [4.78, 5) is 10.4. The Kier molecular flexibility index (Phi) is 2.32. The molecule has 1 aromatic rings. The molecule has 72 valence electrons. The van der Waals surface area contributed by atoms with Gasteiger partial charge in [0.25, 0.3) is 0 Å². The Balaban J connectivity index is 2.33. The first-order valence-electron chi connectivity index (χ1n) is 4.84. The third-order valence-electron chi connectivity index (χ3n) is 2.39. The summed E-state index contributed by atoms with van der Waals surface area (Å²) in [5.41, 5.74) is 0.432. The Morgan fingerprint density at radius 1 is 1.50 bits per heavy atom. The van der Waals surface area contributed by atoms with Crippen LogP contribution >= 0.6 is 0 Å². The van der Waals surface area contributed by atoms with Gasteiger partial charge in [0.05, 0.1) is 0 Å². The van der Waals surface area contributed by atoms with Gasteiger partial charge in [-0.3, -0.25) is 0 Å². The Morgan fingerprint density at radius 3 is 2.79 bits per heavy atom. The maximum atomic E-state index is 8.89. The molecule has 0 atom stereocenters. The monoisotopic (exact) mass is 188 g/mol. The lowest BCUT2D eigenvalue weighted by atomic mass is 10.3. The molecule has 0 saturated heterocycles. The van der Waals surface area contributed by atoms with Crippen molar-refractivity contribution < 1.29 is 0 Å². The summed E-state index contributed by atoms with van der Waals surface area (Å²) >= 11 is 0. The molecule has 0 spiro atoms. The van der Waals surface area contributed by atoms with Crippen LogP contribution in [0.3, 0.4) is 0 Å². The predicted octanol–water partition coefficient (Wildman–Crippen LogP) is 1.34. The number of hydrogen-bond donors (Lipinski definition) is 0. The van der Waals surface area contributed by atoms with E-state index in [-0.39, 0.29) is 0 Å². The number of rotatable bonds is 3. The Bertz CT molecular complexity index is 365. The molecule has 0 aliphatic heterocycles. The maximum Gasteiger partial charge on any atom is 0.183 e. The molecule has 4 heteroatoms. The van der Waals surface area contributed by atoms with Gasteiger partial charge in [-0.05, 0) is 19.8 Å². The van der Waals surface area contributed by atoms with Gasteiger partial charge in [0.2, 0.25) is 0 Å². The normalized spacial score (nSPS) is 14.9. The van der Waals surface area contributed by atoms with Crippen molar-refractivity contribution in [3.05, 3.63) is 18.1 Å². The zero-order valence-corrected chi connectivity index (χ0v) is 8.14. The average molecular weight is 188 g/mol. The summed E-state index contributed by atoms with van der Waals surface area (Å²) in [5, 5.41) is 8.89. The van der Waals surface area contributed by atoms with Gasteiger partial charge in [0.1, 0.15) is 6.07 Å². The van der Waals surface area contributed by atoms with Gasteiger partial charge in [0.15, 0.2) is 11.5 Å². The van der Waals surface area contributed by atoms with Crippen molar-refractivity contribution in [2.24, 2.45) is 0 Å². The lowest BCUT2D eigenvalue weighted by Crippen LogP contribution is -2.27. The highest BCUT2D eigenvalue weighted by atomic mass is 15.2. The minimum absolute atomic E-state index is 0.432. The lowest BCUT2D eigenvalue weighted by molar-refractivity contribution is 0.801. The lowest BCUT2D eigenvalue weighted by Gasteiger charge is -2.21. The van der Waals surface area contributed by atoms with E-state index in [9.17, 15) is 0 Å². The molecular formula is C10H12N4. The summed E-state index contributed by atoms with van der Waals surface area (Å²) in [5.74, 6) is 0.736. The molecule has 1 saturated carbocycles. The van der Waals surface area contributed by atoms with Gasteiger partial charge < -0.3 is 4.90 Å². The van der Waals surface area contributed by atoms with Crippen LogP contribution in [0.15, 0.2) is 12.4 Å². The topological polar surface area (TPSA) is 52.8 Å². The third kappa shape index (κ3) is 1.53. The van der Waals surface area contributed by atoms with Gasteiger partial charge in [-0.15, -0.1) is 0 Å². The second-order valence-electron chi connectivity index (χ2n) is 3.36. The fraction of sp³-hybridized carbons (Fsp3) is 0.500. The van der Waals surface area contributed by atoms with Crippen molar-refractivity contribution in [1.29, 1.82) is 5.26 Å². The number of hydrogen-bond acceptors (Lipinski definition) is 4. The van der Waals surface area contributed by atoms with Crippen molar-refractivity contribution >= 4 is 5.82 Å². The molecule has 0 radical (unpaired) electrons. The van der Waals surface area contributed by atoms with Crippen LogP contribution < -0.4 is 4.90 Å². The summed E-state index contributed by atoms with van der Waals surface area (Å²) in [6.07, 6.45) is 5.61. The van der Waals surface area contributed by atoms with Crippen LogP contribution in [0, 0.1) is 11.3 Å². The average Bonchev–Trinajstić information content (AvgIpc) is 3.04. The smallest absolute Gasteiger partial charge is 0.183 e. The molecule has 1 heterocycles. The fourth-order valence-electron chi connectivity index (χ4n) is 1.59. The minimum atomic E-state index is 0.432. The van der Waals surface area contributed by atoms with Crippen LogP contribution in [0.1, 0.15) is 25.5 Å². The number of anilines is 1. The minimum Gasteiger partial charge on any atom is -0.351 e. The largest absolute Gasteiger partial charge is 0.351 e. The molecule has 0 unspecified atom stereocenters. The molecule has 1 aliphatic carbocycles. The second-order valence-corrected chi connectivity index (χ2v) is 3.36. The second kappa shape index (κ2) is 3.62. The van der Waals surface area contributed by atoms with Crippen molar-refractivity contribution in [3.63, 3.8) is 0 Å². The van der Waals surface area contributed by atoms with Crippen LogP contribution in [-0.2, 0) is 0 Å². The van der Waals surface area contributed by atoms with Gasteiger partial charge in [-0.1, -0.05) is 0 Å². The summed E-state index contributed by atoms with van der Waals surface area (Å²) < 4.78 is 0. The summed E-state index contributed by atoms with van der Waals surface area (Å²) in [6, 6.07) is 2.65. The number of nitrogens with zero attached hydrogens (tertiary/aromatic N) is 4. The number of nitriles is 1. The third-order valence-corrected chi connectivity index (χ3v) is 2.39. The van der Waals surface area contributed by atoms with Crippen LogP contribution in [-0.4, -0.2) is 22.6 Å². The quantitative estimate of drug-likeness (QED) is 0.718. The first-order valence-corrected chi connectivity index (χ1v) is 4.84. The molecule has 1 aromatic heterocycles. The molecule has 2 rings (SSSR count). The number of aromatic nitrogens is 2. The van der Waals surface area contributed by atoms with E-state index in [0.717, 1.165) is 12.4 Å². The first-order chi connectivity index (χ1) is 6.86. The summed E-state index contributed by atoms with van der Waals surface area (Å²) in [6.45, 7) is 2.96. The SMILES string of the molecule is CCN(c1nccnc1C#N)C1CC1. The van der Waals surface area contributed by atoms with Crippen LogP contribution in [0.25, 0.3) is 0 Å². The van der Waals surface area contributed by atoms with Crippen LogP contribution in [0.5, 0.6) is 0 Å². The van der Waals surface area contributed by atoms with Crippen LogP contribution in [0.4, 0.5) is 5.82 Å². The molecule has 0 amide bonds. The van der Waals surface area contributed by atoms with Crippen molar-refractivity contribution in [2.75, 3.05) is 11.4 Å². The predicted molar refractivity (Wildman–Crippen MR) is 52.8 cm³/mol. The van der Waals surface area contributed by atoms with Crippen molar-refractivity contribution in [3.8, 4) is 6.07 Å². The molecule has 0 aromatic carbocycles. The van der Waals surface area contributed by atoms with Gasteiger partial charge in [0, 0.05) is 25.0 Å². The first kappa shape index (κ1) is 8.95. The van der Waals surface area contributed by atoms with Crippen LogP contribution in [0.2, 0.25) is 0 Å². The maximum absolute atomic E-state index is 8.89. The van der Waals surface area contributed by atoms with E-state index in [1.807, 2.05) is 0 Å². The van der Waals surface area contributed by atoms with E-state index in [1.54, 1.807) is 12.4 Å². The van der Waals surface area contributed by atoms with E-state index in [1.165, 1.54) is 12.8 Å². The van der Waals surface area contributed by atoms with E-state index >= 15 is 0 Å². The molecule has 4 nitrogen and oxygen atoms in total. The van der Waals surface area contributed by atoms with Gasteiger partial charge in [-0.25, -0.2) is 9.97 Å². The zero-order valence-electron chi connectivity index (χ0n) is 8.14. The van der Waals surface area contributed by atoms with E-state index in [2.05, 4.69) is 27.9 Å². The highest BCUT2D eigenvalue weighted by molar-refractivity contribution is 5.51. The summed E-state index contributed by atoms with van der Waals surface area (Å²) in [7, 11) is 0. The molecule has 0 bridgehead atoms. The van der Waals surface area contributed by atoms with Gasteiger partial charge >= 0.3 is 0 Å². The zero-order chi connectivity index (χ0) is 9.97. The van der Waals surface area contributed by atoms with E-state index < -0.39 is 0 Å². The van der Waals surface area contributed by atoms with Crippen molar-refractivity contribution in [2.45, 2.75) is 25.8 Å². The Labute approximate surface area is 83.2 Å². The molecule has 0 N–H and O–H groups in total. The highest BCUT2D eigenvalue weighted by Gasteiger charge is 2.30. The van der Waals surface area contributed by atoms with E-state index in [0.29, 0.717) is 11.7 Å². The van der Waals surface area contributed by atoms with Gasteiger partial charge in [-0.2, -0.15) is 5.26 Å². The molecule has 14 heavy (non-hydrogen) atoms. The molecule has 1 fully saturated rings. The Morgan fingerprint density at radius 2 is 2.21 bits per heavy atom. The molecule has 1 aliphatic rings. The van der Waals surface area contributed by atoms with Crippen molar-refractivity contribution in [1.82, 2.24) is 9.97 Å². The Hall–Kier alpha value is -1.63. The standard InChI is InChI=1S/C10H12N4/c1-2-14(8-3-4-8)10-9(7-11)12-5-6-13-10/h5-6,8H,2-4H2,1H3. The highest BCUT2D eigenvalue weighted by Crippen LogP contribution is 2.30. The molecular weight excluding hydrogens is 176 g/mol.